The predicted molar refractivity (Wildman–Crippen MR) is 103 cm³/mol. The van der Waals surface area contributed by atoms with Crippen molar-refractivity contribution in [1.82, 2.24) is 15.2 Å². The van der Waals surface area contributed by atoms with Crippen molar-refractivity contribution >= 4 is 35.0 Å². The molecule has 1 saturated heterocycles. The van der Waals surface area contributed by atoms with Crippen LogP contribution >= 0.6 is 23.1 Å². The van der Waals surface area contributed by atoms with E-state index in [1.54, 1.807) is 18.2 Å². The van der Waals surface area contributed by atoms with Crippen LogP contribution in [-0.2, 0) is 11.3 Å². The SMILES string of the molecule is O=C(O)c1csc(SCCN2C(=O)CC[C@@H]2CNCc2ccccc2F)n1. The van der Waals surface area contributed by atoms with E-state index in [0.29, 0.717) is 41.7 Å². The van der Waals surface area contributed by atoms with Crippen LogP contribution < -0.4 is 5.32 Å². The quantitative estimate of drug-likeness (QED) is 0.620. The van der Waals surface area contributed by atoms with Gasteiger partial charge in [0.25, 0.3) is 0 Å². The van der Waals surface area contributed by atoms with Crippen molar-refractivity contribution < 1.29 is 19.1 Å². The maximum absolute atomic E-state index is 13.7. The number of aromatic nitrogens is 1. The van der Waals surface area contributed by atoms with E-state index in [9.17, 15) is 14.0 Å². The summed E-state index contributed by atoms with van der Waals surface area (Å²) in [5.41, 5.74) is 0.664. The lowest BCUT2D eigenvalue weighted by Crippen LogP contribution is -2.41. The molecule has 144 valence electrons. The van der Waals surface area contributed by atoms with Gasteiger partial charge in [0.2, 0.25) is 5.91 Å². The van der Waals surface area contributed by atoms with E-state index < -0.39 is 5.97 Å². The molecule has 0 radical (unpaired) electrons. The van der Waals surface area contributed by atoms with Crippen molar-refractivity contribution in [2.45, 2.75) is 29.8 Å². The van der Waals surface area contributed by atoms with Crippen LogP contribution in [0.4, 0.5) is 4.39 Å². The summed E-state index contributed by atoms with van der Waals surface area (Å²) in [7, 11) is 0. The third-order valence-corrected chi connectivity index (χ3v) is 6.37. The molecule has 1 aliphatic heterocycles. The number of thioether (sulfide) groups is 1. The lowest BCUT2D eigenvalue weighted by Gasteiger charge is -2.25. The summed E-state index contributed by atoms with van der Waals surface area (Å²) in [5.74, 6) is -0.486. The van der Waals surface area contributed by atoms with Crippen molar-refractivity contribution in [3.63, 3.8) is 0 Å². The van der Waals surface area contributed by atoms with E-state index in [2.05, 4.69) is 10.3 Å². The molecule has 0 unspecified atom stereocenters. The monoisotopic (exact) mass is 409 g/mol. The number of rotatable bonds is 9. The van der Waals surface area contributed by atoms with E-state index in [1.807, 2.05) is 4.90 Å². The number of thiazole rings is 1. The van der Waals surface area contributed by atoms with E-state index in [1.165, 1.54) is 34.5 Å². The molecule has 1 amide bonds. The van der Waals surface area contributed by atoms with Gasteiger partial charge in [-0.25, -0.2) is 14.2 Å². The molecule has 1 fully saturated rings. The van der Waals surface area contributed by atoms with Gasteiger partial charge in [-0.1, -0.05) is 30.0 Å². The Balaban J connectivity index is 1.46. The molecule has 6 nitrogen and oxygen atoms in total. The third-order valence-electron chi connectivity index (χ3n) is 4.37. The Hall–Kier alpha value is -1.97. The number of hydrogen-bond acceptors (Lipinski definition) is 6. The van der Waals surface area contributed by atoms with Gasteiger partial charge >= 0.3 is 5.97 Å². The average molecular weight is 410 g/mol. The lowest BCUT2D eigenvalue weighted by molar-refractivity contribution is -0.128. The molecule has 3 rings (SSSR count). The van der Waals surface area contributed by atoms with Gasteiger partial charge in [0, 0.05) is 48.8 Å². The highest BCUT2D eigenvalue weighted by molar-refractivity contribution is 8.01. The van der Waals surface area contributed by atoms with Crippen molar-refractivity contribution in [1.29, 1.82) is 0 Å². The Morgan fingerprint density at radius 3 is 3.00 bits per heavy atom. The van der Waals surface area contributed by atoms with Gasteiger partial charge in [-0.2, -0.15) is 0 Å². The number of likely N-dealkylation sites (tertiary alicyclic amines) is 1. The minimum absolute atomic E-state index is 0.0509. The molecule has 2 aromatic rings. The second kappa shape index (κ2) is 9.29. The molecule has 1 aliphatic rings. The second-order valence-corrected chi connectivity index (χ2v) is 8.35. The molecule has 2 N–H and O–H groups in total. The Bertz CT molecular complexity index is 815. The van der Waals surface area contributed by atoms with Gasteiger partial charge in [-0.05, 0) is 12.5 Å². The molecule has 0 spiro atoms. The van der Waals surface area contributed by atoms with E-state index >= 15 is 0 Å². The van der Waals surface area contributed by atoms with Gasteiger partial charge in [0.15, 0.2) is 10.0 Å². The smallest absolute Gasteiger partial charge is 0.355 e. The zero-order valence-electron chi connectivity index (χ0n) is 14.6. The largest absolute Gasteiger partial charge is 0.476 e. The van der Waals surface area contributed by atoms with Crippen LogP contribution in [-0.4, -0.2) is 51.8 Å². The van der Waals surface area contributed by atoms with E-state index in [4.69, 9.17) is 5.11 Å². The maximum atomic E-state index is 13.7. The number of carboxylic acid groups (broad SMARTS) is 1. The maximum Gasteiger partial charge on any atom is 0.355 e. The average Bonchev–Trinajstić information content (AvgIpc) is 3.25. The minimum atomic E-state index is -1.03. The van der Waals surface area contributed by atoms with Crippen molar-refractivity contribution in [2.24, 2.45) is 0 Å². The first-order chi connectivity index (χ1) is 13.0. The van der Waals surface area contributed by atoms with Crippen molar-refractivity contribution in [3.8, 4) is 0 Å². The summed E-state index contributed by atoms with van der Waals surface area (Å²) in [6.45, 7) is 1.62. The minimum Gasteiger partial charge on any atom is -0.476 e. The fraction of sp³-hybridized carbons (Fsp3) is 0.389. The lowest BCUT2D eigenvalue weighted by atomic mass is 10.2. The van der Waals surface area contributed by atoms with Gasteiger partial charge in [-0.15, -0.1) is 11.3 Å². The summed E-state index contributed by atoms with van der Waals surface area (Å²) < 4.78 is 14.3. The van der Waals surface area contributed by atoms with Crippen LogP contribution in [0.5, 0.6) is 0 Å². The summed E-state index contributed by atoms with van der Waals surface area (Å²) in [6.07, 6.45) is 1.31. The highest BCUT2D eigenvalue weighted by atomic mass is 32.2. The number of halogens is 1. The van der Waals surface area contributed by atoms with Gasteiger partial charge in [0.05, 0.1) is 0 Å². The first kappa shape index (κ1) is 19.8. The first-order valence-electron chi connectivity index (χ1n) is 8.60. The summed E-state index contributed by atoms with van der Waals surface area (Å²) in [6, 6.07) is 6.74. The molecule has 0 saturated carbocycles. The van der Waals surface area contributed by atoms with Crippen LogP contribution in [0, 0.1) is 5.82 Å². The number of nitrogens with one attached hydrogen (secondary N) is 1. The van der Waals surface area contributed by atoms with Gasteiger partial charge in [0.1, 0.15) is 5.82 Å². The van der Waals surface area contributed by atoms with Crippen LogP contribution in [0.25, 0.3) is 0 Å². The Morgan fingerprint density at radius 1 is 1.44 bits per heavy atom. The molecule has 9 heteroatoms. The van der Waals surface area contributed by atoms with E-state index in [0.717, 1.165) is 6.42 Å². The highest BCUT2D eigenvalue weighted by Gasteiger charge is 2.30. The Kier molecular flexibility index (Phi) is 6.81. The summed E-state index contributed by atoms with van der Waals surface area (Å²) >= 11 is 2.75. The molecule has 0 bridgehead atoms. The zero-order valence-corrected chi connectivity index (χ0v) is 16.2. The number of carbonyl (C=O) groups excluding carboxylic acids is 1. The fourth-order valence-electron chi connectivity index (χ4n) is 2.98. The number of carbonyl (C=O) groups is 2. The molecule has 1 atom stereocenters. The summed E-state index contributed by atoms with van der Waals surface area (Å²) in [5, 5.41) is 13.7. The molecule has 0 aliphatic carbocycles. The molecule has 27 heavy (non-hydrogen) atoms. The zero-order chi connectivity index (χ0) is 19.2. The summed E-state index contributed by atoms with van der Waals surface area (Å²) in [4.78, 5) is 28.9. The predicted octanol–water partition coefficient (Wildman–Crippen LogP) is 2.85. The van der Waals surface area contributed by atoms with Crippen molar-refractivity contribution in [3.05, 3.63) is 46.7 Å². The molecule has 1 aromatic carbocycles. The Morgan fingerprint density at radius 2 is 2.26 bits per heavy atom. The number of carboxylic acids is 1. The van der Waals surface area contributed by atoms with Gasteiger partial charge in [-0.3, -0.25) is 4.79 Å². The second-order valence-electron chi connectivity index (χ2n) is 6.15. The number of nitrogens with zero attached hydrogens (tertiary/aromatic N) is 2. The number of aromatic carboxylic acids is 1. The van der Waals surface area contributed by atoms with Crippen LogP contribution in [0.2, 0.25) is 0 Å². The molecule has 1 aromatic heterocycles. The highest BCUT2D eigenvalue weighted by Crippen LogP contribution is 2.25. The fourth-order valence-corrected chi connectivity index (χ4v) is 4.79. The van der Waals surface area contributed by atoms with Gasteiger partial charge < -0.3 is 15.3 Å². The topological polar surface area (TPSA) is 82.5 Å². The third kappa shape index (κ3) is 5.27. The Labute approximate surface area is 164 Å². The first-order valence-corrected chi connectivity index (χ1v) is 10.5. The standard InChI is InChI=1S/C18H20FN3O3S2/c19-14-4-2-1-3-12(14)9-20-10-13-5-6-16(23)22(13)7-8-26-18-21-15(11-27-18)17(24)25/h1-4,11,13,20H,5-10H2,(H,24,25)/t13-/m1/s1. The van der Waals surface area contributed by atoms with E-state index in [-0.39, 0.29) is 23.5 Å². The number of benzene rings is 1. The van der Waals surface area contributed by atoms with Crippen LogP contribution in [0.3, 0.4) is 0 Å². The normalized spacial score (nSPS) is 16.9. The molecular formula is C18H20FN3O3S2. The van der Waals surface area contributed by atoms with Crippen LogP contribution in [0.1, 0.15) is 28.9 Å². The molecular weight excluding hydrogens is 389 g/mol. The number of amides is 1. The van der Waals surface area contributed by atoms with Crippen LogP contribution in [0.15, 0.2) is 34.0 Å². The van der Waals surface area contributed by atoms with Crippen molar-refractivity contribution in [2.75, 3.05) is 18.8 Å². The molecule has 2 heterocycles. The number of hydrogen-bond donors (Lipinski definition) is 2.